The lowest BCUT2D eigenvalue weighted by molar-refractivity contribution is -0.139. The molecule has 2 heterocycles. The Morgan fingerprint density at radius 2 is 2.17 bits per heavy atom. The molecule has 1 aromatic rings. The maximum atomic E-state index is 11.9. The Bertz CT molecular complexity index is 703. The average Bonchev–Trinajstić information content (AvgIpc) is 2.77. The van der Waals surface area contributed by atoms with Gasteiger partial charge in [-0.05, 0) is 19.3 Å². The van der Waals surface area contributed by atoms with E-state index in [4.69, 9.17) is 27.2 Å². The third-order valence-corrected chi connectivity index (χ3v) is 3.95. The normalized spacial score (nSPS) is 28.7. The topological polar surface area (TPSA) is 157 Å². The lowest BCUT2D eigenvalue weighted by atomic mass is 10.1. The van der Waals surface area contributed by atoms with Crippen molar-refractivity contribution < 1.29 is 30.0 Å². The molecule has 0 saturated carbocycles. The maximum Gasteiger partial charge on any atom is 0.325 e. The number of aromatic nitrogens is 2. The highest BCUT2D eigenvalue weighted by molar-refractivity contribution is 7.71. The quantitative estimate of drug-likeness (QED) is 0.327. The molecule has 1 aliphatic heterocycles. The average molecular weight is 347 g/mol. The van der Waals surface area contributed by atoms with Crippen LogP contribution in [0.15, 0.2) is 11.0 Å². The van der Waals surface area contributed by atoms with Gasteiger partial charge < -0.3 is 30.5 Å². The molecule has 0 aromatic carbocycles. The number of nitrogens with zero attached hydrogens (tertiary/aromatic N) is 1. The number of hydrogen-bond acceptors (Lipinski definition) is 8. The molecular formula is C12H17N3O7S. The van der Waals surface area contributed by atoms with Crippen LogP contribution >= 0.6 is 12.2 Å². The number of ether oxygens (including phenoxy) is 1. The number of aliphatic carboxylic acids is 1. The number of H-pyrrole nitrogens is 1. The van der Waals surface area contributed by atoms with Crippen LogP contribution in [0.4, 0.5) is 0 Å². The second kappa shape index (κ2) is 6.86. The first-order valence-corrected chi connectivity index (χ1v) is 7.10. The lowest BCUT2D eigenvalue weighted by Gasteiger charge is -2.20. The molecule has 10 nitrogen and oxygen atoms in total. The Hall–Kier alpha value is -1.63. The van der Waals surface area contributed by atoms with E-state index in [-0.39, 0.29) is 10.3 Å². The summed E-state index contributed by atoms with van der Waals surface area (Å²) in [7, 11) is 1.37. The summed E-state index contributed by atoms with van der Waals surface area (Å²) in [6.07, 6.45) is -3.79. The van der Waals surface area contributed by atoms with E-state index in [9.17, 15) is 19.8 Å². The second-order valence-electron chi connectivity index (χ2n) is 5.04. The van der Waals surface area contributed by atoms with E-state index in [1.165, 1.54) is 7.05 Å². The minimum atomic E-state index is -1.41. The van der Waals surface area contributed by atoms with Crippen molar-refractivity contribution >= 4 is 18.2 Å². The standard InChI is InChI=1S/C12H17N3O7S/c1-13-6(11(20)21)4-2-15(12(23)14-9(4)19)10-8(18)7(17)5(3-16)22-10/h2,5-8,10,13,16-18H,3H2,1H3,(H,20,21)(H,14,19,23)/t5-,6?,7?,8?,10-/m0/s1. The second-order valence-corrected chi connectivity index (χ2v) is 5.43. The molecule has 1 aliphatic rings. The molecule has 2 rings (SSSR count). The molecule has 0 amide bonds. The first-order valence-electron chi connectivity index (χ1n) is 6.69. The Morgan fingerprint density at radius 1 is 1.52 bits per heavy atom. The molecule has 1 fully saturated rings. The summed E-state index contributed by atoms with van der Waals surface area (Å²) in [5.74, 6) is -1.28. The minimum Gasteiger partial charge on any atom is -0.480 e. The molecule has 23 heavy (non-hydrogen) atoms. The maximum absolute atomic E-state index is 11.9. The van der Waals surface area contributed by atoms with E-state index in [0.717, 1.165) is 10.8 Å². The van der Waals surface area contributed by atoms with Crippen molar-refractivity contribution in [1.29, 1.82) is 0 Å². The zero-order chi connectivity index (χ0) is 17.3. The van der Waals surface area contributed by atoms with E-state index in [2.05, 4.69) is 10.3 Å². The fourth-order valence-corrected chi connectivity index (χ4v) is 2.67. The van der Waals surface area contributed by atoms with Gasteiger partial charge in [-0.25, -0.2) is 0 Å². The molecule has 0 aliphatic carbocycles. The van der Waals surface area contributed by atoms with Gasteiger partial charge in [-0.3, -0.25) is 19.1 Å². The first-order chi connectivity index (χ1) is 10.8. The molecule has 0 radical (unpaired) electrons. The van der Waals surface area contributed by atoms with Crippen LogP contribution in [-0.2, 0) is 9.53 Å². The monoisotopic (exact) mass is 347 g/mol. The van der Waals surface area contributed by atoms with E-state index < -0.39 is 48.7 Å². The van der Waals surface area contributed by atoms with Crippen LogP contribution in [0.2, 0.25) is 0 Å². The van der Waals surface area contributed by atoms with Gasteiger partial charge in [0, 0.05) is 6.20 Å². The van der Waals surface area contributed by atoms with Gasteiger partial charge in [0.15, 0.2) is 11.0 Å². The summed E-state index contributed by atoms with van der Waals surface area (Å²) in [6, 6.07) is -1.29. The predicted molar refractivity (Wildman–Crippen MR) is 78.3 cm³/mol. The van der Waals surface area contributed by atoms with Crippen LogP contribution in [0.25, 0.3) is 0 Å². The zero-order valence-corrected chi connectivity index (χ0v) is 12.9. The summed E-state index contributed by atoms with van der Waals surface area (Å²) in [5, 5.41) is 40.5. The van der Waals surface area contributed by atoms with Crippen molar-refractivity contribution in [2.45, 2.75) is 30.6 Å². The van der Waals surface area contributed by atoms with Crippen LogP contribution in [0, 0.1) is 4.77 Å². The molecule has 1 saturated heterocycles. The summed E-state index contributed by atoms with van der Waals surface area (Å²) in [4.78, 5) is 25.5. The predicted octanol–water partition coefficient (Wildman–Crippen LogP) is -2.14. The molecule has 11 heteroatoms. The van der Waals surface area contributed by atoms with E-state index >= 15 is 0 Å². The number of hydrogen-bond donors (Lipinski definition) is 6. The van der Waals surface area contributed by atoms with Crippen molar-refractivity contribution in [3.05, 3.63) is 26.9 Å². The van der Waals surface area contributed by atoms with Crippen LogP contribution in [0.5, 0.6) is 0 Å². The fraction of sp³-hybridized carbons (Fsp3) is 0.583. The number of aliphatic hydroxyl groups excluding tert-OH is 3. The van der Waals surface area contributed by atoms with Crippen molar-refractivity contribution in [2.24, 2.45) is 0 Å². The number of rotatable bonds is 5. The molecule has 5 atom stereocenters. The van der Waals surface area contributed by atoms with Crippen molar-refractivity contribution in [1.82, 2.24) is 14.9 Å². The van der Waals surface area contributed by atoms with E-state index in [1.807, 2.05) is 0 Å². The number of likely N-dealkylation sites (N-methyl/N-ethyl adjacent to an activating group) is 1. The molecule has 3 unspecified atom stereocenters. The molecule has 1 aromatic heterocycles. The number of aliphatic hydroxyl groups is 3. The summed E-state index contributed by atoms with van der Waals surface area (Å²) in [6.45, 7) is -0.521. The zero-order valence-electron chi connectivity index (χ0n) is 12.0. The van der Waals surface area contributed by atoms with Gasteiger partial charge >= 0.3 is 5.97 Å². The van der Waals surface area contributed by atoms with Crippen molar-refractivity contribution in [3.63, 3.8) is 0 Å². The van der Waals surface area contributed by atoms with Gasteiger partial charge in [0.1, 0.15) is 24.4 Å². The third kappa shape index (κ3) is 3.20. The fourth-order valence-electron chi connectivity index (χ4n) is 2.42. The van der Waals surface area contributed by atoms with Crippen LogP contribution in [0.3, 0.4) is 0 Å². The highest BCUT2D eigenvalue weighted by Gasteiger charge is 2.43. The first kappa shape index (κ1) is 17.7. The Kier molecular flexibility index (Phi) is 5.29. The number of carboxylic acid groups (broad SMARTS) is 1. The molecule has 0 bridgehead atoms. The van der Waals surface area contributed by atoms with Gasteiger partial charge in [0.05, 0.1) is 12.2 Å². The number of nitrogens with one attached hydrogen (secondary N) is 2. The molecular weight excluding hydrogens is 330 g/mol. The molecule has 128 valence electrons. The number of carboxylic acids is 1. The largest absolute Gasteiger partial charge is 0.480 e. The molecule has 0 spiro atoms. The van der Waals surface area contributed by atoms with E-state index in [0.29, 0.717) is 0 Å². The van der Waals surface area contributed by atoms with Crippen molar-refractivity contribution in [3.8, 4) is 0 Å². The van der Waals surface area contributed by atoms with Crippen LogP contribution in [0.1, 0.15) is 17.8 Å². The van der Waals surface area contributed by atoms with Gasteiger partial charge in [0.2, 0.25) is 0 Å². The Morgan fingerprint density at radius 3 is 2.65 bits per heavy atom. The van der Waals surface area contributed by atoms with Gasteiger partial charge in [-0.15, -0.1) is 0 Å². The smallest absolute Gasteiger partial charge is 0.325 e. The highest BCUT2D eigenvalue weighted by Crippen LogP contribution is 2.29. The van der Waals surface area contributed by atoms with Gasteiger partial charge in [-0.2, -0.15) is 0 Å². The van der Waals surface area contributed by atoms with Gasteiger partial charge in [-0.1, -0.05) is 0 Å². The van der Waals surface area contributed by atoms with Crippen LogP contribution < -0.4 is 10.9 Å². The minimum absolute atomic E-state index is 0.117. The lowest BCUT2D eigenvalue weighted by Crippen LogP contribution is -2.35. The molecule has 6 N–H and O–H groups in total. The number of aromatic amines is 1. The number of carbonyl (C=O) groups is 1. The van der Waals surface area contributed by atoms with Gasteiger partial charge in [0.25, 0.3) is 5.56 Å². The summed E-state index contributed by atoms with van der Waals surface area (Å²) in [5.41, 5.74) is -0.842. The van der Waals surface area contributed by atoms with Crippen molar-refractivity contribution in [2.75, 3.05) is 13.7 Å². The Labute approximate surface area is 135 Å². The summed E-state index contributed by atoms with van der Waals surface area (Å²) < 4.78 is 6.35. The third-order valence-electron chi connectivity index (χ3n) is 3.63. The highest BCUT2D eigenvalue weighted by atomic mass is 32.1. The SMILES string of the molecule is CNC(C(=O)O)c1cn([C@H]2O[C@@H](CO)C(O)C2O)c(=S)[nH]c1=O. The van der Waals surface area contributed by atoms with E-state index in [1.54, 1.807) is 0 Å². The van der Waals surface area contributed by atoms with Crippen LogP contribution in [-0.4, -0.2) is 67.9 Å². The summed E-state index contributed by atoms with van der Waals surface area (Å²) >= 11 is 5.00. The Balaban J connectivity index is 2.50.